The van der Waals surface area contributed by atoms with E-state index in [2.05, 4.69) is 0 Å². The standard InChI is InChI=1S/C18H16O4/c19-17-9-13-1-2-14(4-3-13)10-18(20)22-12-16-7-5-15(6-8-16)11-21-17/h1-8H,9-12H2. The Morgan fingerprint density at radius 1 is 0.545 bits per heavy atom. The quantitative estimate of drug-likeness (QED) is 0.701. The Bertz CT molecular complexity index is 611. The van der Waals surface area contributed by atoms with Crippen molar-refractivity contribution in [2.75, 3.05) is 0 Å². The Morgan fingerprint density at radius 3 is 1.23 bits per heavy atom. The summed E-state index contributed by atoms with van der Waals surface area (Å²) in [4.78, 5) is 23.7. The van der Waals surface area contributed by atoms with Crippen LogP contribution in [0.5, 0.6) is 0 Å². The number of hydrogen-bond donors (Lipinski definition) is 0. The SMILES string of the molecule is O=C1Cc2ccc(cc2)CC(=O)OCc2ccc(cc2)CO1. The fraction of sp³-hybridized carbons (Fsp3) is 0.222. The third-order valence-corrected chi connectivity index (χ3v) is 3.54. The fourth-order valence-electron chi connectivity index (χ4n) is 2.27. The lowest BCUT2D eigenvalue weighted by molar-refractivity contribution is -0.145. The van der Waals surface area contributed by atoms with E-state index in [1.165, 1.54) is 0 Å². The second-order valence-corrected chi connectivity index (χ2v) is 5.31. The van der Waals surface area contributed by atoms with Gasteiger partial charge in [-0.05, 0) is 22.3 Å². The summed E-state index contributed by atoms with van der Waals surface area (Å²) in [6, 6.07) is 14.8. The van der Waals surface area contributed by atoms with Crippen LogP contribution in [-0.4, -0.2) is 11.9 Å². The summed E-state index contributed by atoms with van der Waals surface area (Å²) in [7, 11) is 0. The minimum atomic E-state index is -0.261. The summed E-state index contributed by atoms with van der Waals surface area (Å²) >= 11 is 0. The molecule has 0 saturated carbocycles. The van der Waals surface area contributed by atoms with Crippen molar-refractivity contribution in [3.05, 3.63) is 70.8 Å². The van der Waals surface area contributed by atoms with Crippen molar-refractivity contribution in [2.45, 2.75) is 26.1 Å². The van der Waals surface area contributed by atoms with Gasteiger partial charge in [-0.25, -0.2) is 0 Å². The van der Waals surface area contributed by atoms with Crippen LogP contribution in [-0.2, 0) is 45.1 Å². The van der Waals surface area contributed by atoms with Gasteiger partial charge in [-0.1, -0.05) is 48.5 Å². The lowest BCUT2D eigenvalue weighted by atomic mass is 10.1. The summed E-state index contributed by atoms with van der Waals surface area (Å²) in [5, 5.41) is 0. The van der Waals surface area contributed by atoms with Crippen LogP contribution in [0.3, 0.4) is 0 Å². The summed E-state index contributed by atoms with van der Waals surface area (Å²) in [6.45, 7) is 0.494. The molecule has 2 aromatic carbocycles. The normalized spacial score (nSPS) is 15.5. The second-order valence-electron chi connectivity index (χ2n) is 5.31. The molecule has 0 spiro atoms. The van der Waals surface area contributed by atoms with Crippen LogP contribution in [0.2, 0.25) is 0 Å². The monoisotopic (exact) mass is 296 g/mol. The van der Waals surface area contributed by atoms with E-state index in [0.29, 0.717) is 0 Å². The fourth-order valence-corrected chi connectivity index (χ4v) is 2.27. The lowest BCUT2D eigenvalue weighted by Crippen LogP contribution is -2.10. The van der Waals surface area contributed by atoms with Crippen LogP contribution in [0.1, 0.15) is 22.3 Å². The minimum absolute atomic E-state index is 0.225. The van der Waals surface area contributed by atoms with Crippen molar-refractivity contribution in [3.63, 3.8) is 0 Å². The van der Waals surface area contributed by atoms with E-state index in [1.807, 2.05) is 48.5 Å². The van der Waals surface area contributed by atoms with Gasteiger partial charge in [0, 0.05) is 0 Å². The van der Waals surface area contributed by atoms with Gasteiger partial charge in [0.2, 0.25) is 0 Å². The maximum Gasteiger partial charge on any atom is 0.310 e. The number of esters is 2. The first-order chi connectivity index (χ1) is 10.7. The van der Waals surface area contributed by atoms with Gasteiger partial charge >= 0.3 is 11.9 Å². The zero-order valence-electron chi connectivity index (χ0n) is 12.1. The zero-order chi connectivity index (χ0) is 15.4. The topological polar surface area (TPSA) is 52.6 Å². The second kappa shape index (κ2) is 6.43. The van der Waals surface area contributed by atoms with Crippen LogP contribution in [0.25, 0.3) is 0 Å². The van der Waals surface area contributed by atoms with Crippen LogP contribution < -0.4 is 0 Å². The highest BCUT2D eigenvalue weighted by Crippen LogP contribution is 2.12. The number of rotatable bonds is 0. The molecule has 2 aromatic rings. The van der Waals surface area contributed by atoms with Gasteiger partial charge in [-0.15, -0.1) is 0 Å². The maximum atomic E-state index is 11.8. The van der Waals surface area contributed by atoms with Gasteiger partial charge in [-0.2, -0.15) is 0 Å². The predicted molar refractivity (Wildman–Crippen MR) is 79.9 cm³/mol. The molecule has 4 bridgehead atoms. The van der Waals surface area contributed by atoms with E-state index in [1.54, 1.807) is 0 Å². The molecule has 0 radical (unpaired) electrons. The van der Waals surface area contributed by atoms with Gasteiger partial charge in [0.15, 0.2) is 0 Å². The first-order valence-corrected chi connectivity index (χ1v) is 7.16. The molecule has 4 aliphatic rings. The molecule has 4 nitrogen and oxygen atoms in total. The molecule has 0 atom stereocenters. The molecule has 22 heavy (non-hydrogen) atoms. The largest absolute Gasteiger partial charge is 0.461 e. The number of benzene rings is 2. The van der Waals surface area contributed by atoms with Crippen LogP contribution in [0, 0.1) is 0 Å². The van der Waals surface area contributed by atoms with Gasteiger partial charge in [-0.3, -0.25) is 9.59 Å². The lowest BCUT2D eigenvalue weighted by Gasteiger charge is -2.09. The van der Waals surface area contributed by atoms with Gasteiger partial charge in [0.05, 0.1) is 12.8 Å². The predicted octanol–water partition coefficient (Wildman–Crippen LogP) is 2.57. The molecule has 0 unspecified atom stereocenters. The maximum absolute atomic E-state index is 11.8. The Hall–Kier alpha value is -2.62. The molecule has 0 aliphatic carbocycles. The van der Waals surface area contributed by atoms with Crippen LogP contribution in [0.4, 0.5) is 0 Å². The van der Waals surface area contributed by atoms with Gasteiger partial charge in [0.25, 0.3) is 0 Å². The van der Waals surface area contributed by atoms with Crippen LogP contribution in [0.15, 0.2) is 48.5 Å². The van der Waals surface area contributed by atoms with Crippen molar-refractivity contribution in [1.82, 2.24) is 0 Å². The van der Waals surface area contributed by atoms with Crippen LogP contribution >= 0.6 is 0 Å². The van der Waals surface area contributed by atoms with Crippen molar-refractivity contribution in [1.29, 1.82) is 0 Å². The molecule has 6 rings (SSSR count). The average molecular weight is 296 g/mol. The molecule has 0 N–H and O–H groups in total. The Kier molecular flexibility index (Phi) is 4.19. The van der Waals surface area contributed by atoms with Crippen molar-refractivity contribution < 1.29 is 19.1 Å². The molecule has 4 heteroatoms. The van der Waals surface area contributed by atoms with Gasteiger partial charge in [0.1, 0.15) is 13.2 Å². The summed E-state index contributed by atoms with van der Waals surface area (Å²) in [5.74, 6) is -0.522. The van der Waals surface area contributed by atoms with E-state index in [0.717, 1.165) is 22.3 Å². The highest BCUT2D eigenvalue weighted by molar-refractivity contribution is 5.74. The van der Waals surface area contributed by atoms with E-state index in [-0.39, 0.29) is 38.0 Å². The van der Waals surface area contributed by atoms with Gasteiger partial charge < -0.3 is 9.47 Å². The molecule has 112 valence electrons. The smallest absolute Gasteiger partial charge is 0.310 e. The van der Waals surface area contributed by atoms with E-state index in [4.69, 9.17) is 9.47 Å². The van der Waals surface area contributed by atoms with E-state index < -0.39 is 0 Å². The highest BCUT2D eigenvalue weighted by Gasteiger charge is 2.09. The Labute approximate surface area is 128 Å². The molecule has 0 fully saturated rings. The molecular weight excluding hydrogens is 280 g/mol. The molecule has 4 heterocycles. The molecular formula is C18H16O4. The van der Waals surface area contributed by atoms with Crippen molar-refractivity contribution >= 4 is 11.9 Å². The Morgan fingerprint density at radius 2 is 0.864 bits per heavy atom. The molecule has 0 saturated heterocycles. The molecule has 0 amide bonds. The summed E-state index contributed by atoms with van der Waals surface area (Å²) in [5.41, 5.74) is 3.55. The Balaban J connectivity index is 1.82. The molecule has 4 aliphatic heterocycles. The number of carbonyl (C=O) groups excluding carboxylic acids is 2. The van der Waals surface area contributed by atoms with Crippen molar-refractivity contribution in [2.24, 2.45) is 0 Å². The third kappa shape index (κ3) is 3.73. The highest BCUT2D eigenvalue weighted by atomic mass is 16.5. The summed E-state index contributed by atoms with van der Waals surface area (Å²) < 4.78 is 10.5. The number of hydrogen-bond acceptors (Lipinski definition) is 4. The molecule has 0 aromatic heterocycles. The minimum Gasteiger partial charge on any atom is -0.461 e. The third-order valence-electron chi connectivity index (χ3n) is 3.54. The van der Waals surface area contributed by atoms with E-state index >= 15 is 0 Å². The van der Waals surface area contributed by atoms with E-state index in [9.17, 15) is 9.59 Å². The first kappa shape index (κ1) is 14.3. The summed E-state index contributed by atoms with van der Waals surface area (Å²) in [6.07, 6.45) is 0.450. The van der Waals surface area contributed by atoms with Crippen molar-refractivity contribution in [3.8, 4) is 0 Å². The average Bonchev–Trinajstić information content (AvgIpc) is 2.53. The number of carbonyl (C=O) groups is 2. The zero-order valence-corrected chi connectivity index (χ0v) is 12.1. The number of ether oxygens (including phenoxy) is 2. The first-order valence-electron chi connectivity index (χ1n) is 7.16.